The molecule has 21 heavy (non-hydrogen) atoms. The van der Waals surface area contributed by atoms with E-state index >= 15 is 0 Å². The van der Waals surface area contributed by atoms with Crippen molar-refractivity contribution < 1.29 is 5.21 Å². The molecule has 2 aromatic heterocycles. The lowest BCUT2D eigenvalue weighted by molar-refractivity contribution is 0.318. The van der Waals surface area contributed by atoms with Gasteiger partial charge in [0.1, 0.15) is 5.82 Å². The van der Waals surface area contributed by atoms with Gasteiger partial charge in [-0.05, 0) is 43.2 Å². The van der Waals surface area contributed by atoms with Gasteiger partial charge >= 0.3 is 0 Å². The lowest BCUT2D eigenvalue weighted by Crippen LogP contribution is -2.26. The lowest BCUT2D eigenvalue weighted by atomic mass is 10.1. The van der Waals surface area contributed by atoms with Gasteiger partial charge in [-0.25, -0.2) is 4.98 Å². The first-order chi connectivity index (χ1) is 10.1. The molecule has 0 aliphatic carbocycles. The fourth-order valence-electron chi connectivity index (χ4n) is 2.04. The van der Waals surface area contributed by atoms with Crippen molar-refractivity contribution in [3.05, 3.63) is 53.5 Å². The van der Waals surface area contributed by atoms with Crippen molar-refractivity contribution in [2.24, 2.45) is 10.9 Å². The summed E-state index contributed by atoms with van der Waals surface area (Å²) in [5, 5.41) is 12.0. The number of aromatic nitrogens is 2. The average Bonchev–Trinajstić information content (AvgIpc) is 2.52. The number of nitrogens with zero attached hydrogens (tertiary/aromatic N) is 4. The van der Waals surface area contributed by atoms with Crippen LogP contribution in [0.4, 0.5) is 5.82 Å². The molecule has 0 spiro atoms. The number of aryl methyl sites for hydroxylation is 1. The van der Waals surface area contributed by atoms with Crippen LogP contribution in [0.15, 0.2) is 41.8 Å². The Labute approximate surface area is 123 Å². The number of rotatable bonds is 5. The first-order valence-electron chi connectivity index (χ1n) is 6.67. The highest BCUT2D eigenvalue weighted by atomic mass is 16.4. The van der Waals surface area contributed by atoms with Crippen molar-refractivity contribution in [1.82, 2.24) is 9.97 Å². The number of nitrogens with two attached hydrogens (primary N) is 1. The Bertz CT molecular complexity index is 627. The highest BCUT2D eigenvalue weighted by Gasteiger charge is 2.13. The Morgan fingerprint density at radius 3 is 2.67 bits per heavy atom. The van der Waals surface area contributed by atoms with E-state index in [-0.39, 0.29) is 5.84 Å². The molecule has 0 bridgehead atoms. The summed E-state index contributed by atoms with van der Waals surface area (Å²) in [5.74, 6) is 0.771. The zero-order chi connectivity index (χ0) is 15.2. The smallest absolute Gasteiger partial charge is 0.173 e. The molecule has 0 atom stereocenters. The fraction of sp³-hybridized carbons (Fsp3) is 0.267. The van der Waals surface area contributed by atoms with Crippen LogP contribution in [0.5, 0.6) is 0 Å². The monoisotopic (exact) mass is 285 g/mol. The molecule has 0 fully saturated rings. The molecular weight excluding hydrogens is 266 g/mol. The fourth-order valence-corrected chi connectivity index (χ4v) is 2.04. The molecule has 6 nitrogen and oxygen atoms in total. The number of hydrogen-bond donors (Lipinski definition) is 2. The third-order valence-corrected chi connectivity index (χ3v) is 3.24. The van der Waals surface area contributed by atoms with E-state index in [2.05, 4.69) is 15.1 Å². The van der Waals surface area contributed by atoms with Gasteiger partial charge in [-0.15, -0.1) is 0 Å². The molecule has 6 heteroatoms. The van der Waals surface area contributed by atoms with Gasteiger partial charge in [0.15, 0.2) is 5.84 Å². The summed E-state index contributed by atoms with van der Waals surface area (Å²) in [6.45, 7) is 2.68. The summed E-state index contributed by atoms with van der Waals surface area (Å²) in [4.78, 5) is 10.5. The topological polar surface area (TPSA) is 87.6 Å². The van der Waals surface area contributed by atoms with Gasteiger partial charge in [0.25, 0.3) is 0 Å². The van der Waals surface area contributed by atoms with E-state index in [1.54, 1.807) is 12.4 Å². The minimum atomic E-state index is 0.0632. The van der Waals surface area contributed by atoms with Crippen molar-refractivity contribution >= 4 is 11.7 Å². The summed E-state index contributed by atoms with van der Waals surface area (Å²) in [5.41, 5.74) is 8.43. The van der Waals surface area contributed by atoms with Crippen LogP contribution in [0, 0.1) is 6.92 Å². The molecule has 2 heterocycles. The predicted octanol–water partition coefficient (Wildman–Crippen LogP) is 1.56. The number of anilines is 1. The maximum atomic E-state index is 8.88. The Kier molecular flexibility index (Phi) is 4.71. The average molecular weight is 285 g/mol. The minimum Gasteiger partial charge on any atom is -0.409 e. The number of amidine groups is 1. The molecule has 2 rings (SSSR count). The van der Waals surface area contributed by atoms with Crippen LogP contribution in [-0.4, -0.2) is 34.6 Å². The van der Waals surface area contributed by atoms with E-state index in [0.717, 1.165) is 18.7 Å². The molecule has 0 saturated carbocycles. The van der Waals surface area contributed by atoms with Crippen LogP contribution in [-0.2, 0) is 6.42 Å². The van der Waals surface area contributed by atoms with Crippen LogP contribution < -0.4 is 10.6 Å². The maximum Gasteiger partial charge on any atom is 0.173 e. The summed E-state index contributed by atoms with van der Waals surface area (Å²) in [6, 6.07) is 7.63. The number of pyridine rings is 2. The van der Waals surface area contributed by atoms with Crippen molar-refractivity contribution in [3.8, 4) is 0 Å². The normalized spacial score (nSPS) is 11.4. The van der Waals surface area contributed by atoms with Crippen LogP contribution in [0.3, 0.4) is 0 Å². The lowest BCUT2D eigenvalue weighted by Gasteiger charge is -2.21. The van der Waals surface area contributed by atoms with Gasteiger partial charge in [0, 0.05) is 31.7 Å². The maximum absolute atomic E-state index is 8.88. The van der Waals surface area contributed by atoms with Gasteiger partial charge < -0.3 is 15.8 Å². The van der Waals surface area contributed by atoms with Crippen LogP contribution in [0.2, 0.25) is 0 Å². The first kappa shape index (κ1) is 14.8. The van der Waals surface area contributed by atoms with Crippen molar-refractivity contribution in [2.75, 3.05) is 18.5 Å². The standard InChI is InChI=1S/C15H19N5O/c1-11-3-4-13(14(16)19-21)15(18-11)20(2)10-7-12-5-8-17-9-6-12/h3-6,8-9,21H,7,10H2,1-2H3,(H2,16,19). The Hall–Kier alpha value is -2.63. The van der Waals surface area contributed by atoms with Gasteiger partial charge in [-0.3, -0.25) is 4.98 Å². The second-order valence-corrected chi connectivity index (χ2v) is 4.84. The number of hydrogen-bond acceptors (Lipinski definition) is 5. The molecule has 0 amide bonds. The highest BCUT2D eigenvalue weighted by molar-refractivity contribution is 6.01. The first-order valence-corrected chi connectivity index (χ1v) is 6.67. The van der Waals surface area contributed by atoms with E-state index in [0.29, 0.717) is 11.4 Å². The third-order valence-electron chi connectivity index (χ3n) is 3.24. The van der Waals surface area contributed by atoms with Gasteiger partial charge in [-0.1, -0.05) is 5.16 Å². The molecule has 3 N–H and O–H groups in total. The van der Waals surface area contributed by atoms with Crippen molar-refractivity contribution in [2.45, 2.75) is 13.3 Å². The largest absolute Gasteiger partial charge is 0.409 e. The number of oxime groups is 1. The quantitative estimate of drug-likeness (QED) is 0.377. The molecule has 0 saturated heterocycles. The van der Waals surface area contributed by atoms with Crippen LogP contribution in [0.25, 0.3) is 0 Å². The highest BCUT2D eigenvalue weighted by Crippen LogP contribution is 2.17. The SMILES string of the molecule is Cc1ccc(C(N)=NO)c(N(C)CCc2ccncc2)n1. The summed E-state index contributed by atoms with van der Waals surface area (Å²) in [6.07, 6.45) is 4.43. The zero-order valence-corrected chi connectivity index (χ0v) is 12.2. The molecule has 0 aliphatic heterocycles. The molecule has 2 aromatic rings. The molecular formula is C15H19N5O. The molecule has 110 valence electrons. The Balaban J connectivity index is 2.18. The van der Waals surface area contributed by atoms with E-state index in [1.807, 2.05) is 43.1 Å². The zero-order valence-electron chi connectivity index (χ0n) is 12.2. The van der Waals surface area contributed by atoms with Gasteiger partial charge in [0.05, 0.1) is 5.56 Å². The third kappa shape index (κ3) is 3.68. The molecule has 0 aromatic carbocycles. The Morgan fingerprint density at radius 2 is 2.00 bits per heavy atom. The molecule has 0 radical (unpaired) electrons. The van der Waals surface area contributed by atoms with Gasteiger partial charge in [0.2, 0.25) is 0 Å². The van der Waals surface area contributed by atoms with E-state index in [1.165, 1.54) is 5.56 Å². The second kappa shape index (κ2) is 6.69. The van der Waals surface area contributed by atoms with Crippen LogP contribution in [0.1, 0.15) is 16.8 Å². The summed E-state index contributed by atoms with van der Waals surface area (Å²) >= 11 is 0. The second-order valence-electron chi connectivity index (χ2n) is 4.84. The van der Waals surface area contributed by atoms with E-state index in [9.17, 15) is 0 Å². The number of likely N-dealkylation sites (N-methyl/N-ethyl adjacent to an activating group) is 1. The van der Waals surface area contributed by atoms with E-state index < -0.39 is 0 Å². The predicted molar refractivity (Wildman–Crippen MR) is 82.7 cm³/mol. The summed E-state index contributed by atoms with van der Waals surface area (Å²) < 4.78 is 0. The van der Waals surface area contributed by atoms with Crippen molar-refractivity contribution in [1.29, 1.82) is 0 Å². The van der Waals surface area contributed by atoms with Crippen LogP contribution >= 0.6 is 0 Å². The Morgan fingerprint density at radius 1 is 1.29 bits per heavy atom. The minimum absolute atomic E-state index is 0.0632. The van der Waals surface area contributed by atoms with Crippen molar-refractivity contribution in [3.63, 3.8) is 0 Å². The summed E-state index contributed by atoms with van der Waals surface area (Å²) in [7, 11) is 1.94. The molecule has 0 aliphatic rings. The van der Waals surface area contributed by atoms with E-state index in [4.69, 9.17) is 10.9 Å². The molecule has 0 unspecified atom stereocenters. The van der Waals surface area contributed by atoms with Gasteiger partial charge in [-0.2, -0.15) is 0 Å².